The molecular weight excluding hydrogens is 212 g/mol. The van der Waals surface area contributed by atoms with Gasteiger partial charge in [-0.3, -0.25) is 4.79 Å². The van der Waals surface area contributed by atoms with E-state index >= 15 is 0 Å². The molecule has 0 saturated carbocycles. The predicted octanol–water partition coefficient (Wildman–Crippen LogP) is 2.19. The molecule has 0 saturated heterocycles. The van der Waals surface area contributed by atoms with Gasteiger partial charge in [-0.05, 0) is 17.5 Å². The Morgan fingerprint density at radius 2 is 2.00 bits per heavy atom. The highest BCUT2D eigenvalue weighted by atomic mass is 16.1. The van der Waals surface area contributed by atoms with E-state index in [0.29, 0.717) is 6.54 Å². The second-order valence-electron chi connectivity index (χ2n) is 4.69. The Labute approximate surface area is 101 Å². The molecule has 0 aliphatic carbocycles. The Hall–Kier alpha value is -1.61. The summed E-state index contributed by atoms with van der Waals surface area (Å²) >= 11 is 0. The molecule has 90 valence electrons. The number of nitrogens with zero attached hydrogens (tertiary/aromatic N) is 1. The summed E-state index contributed by atoms with van der Waals surface area (Å²) in [6, 6.07) is 9.72. The van der Waals surface area contributed by atoms with Crippen LogP contribution in [0.2, 0.25) is 0 Å². The molecule has 0 radical (unpaired) electrons. The van der Waals surface area contributed by atoms with Crippen molar-refractivity contribution in [2.75, 3.05) is 0 Å². The fourth-order valence-electron chi connectivity index (χ4n) is 2.03. The van der Waals surface area contributed by atoms with E-state index in [1.165, 1.54) is 5.39 Å². The maximum atomic E-state index is 11.8. The van der Waals surface area contributed by atoms with Gasteiger partial charge in [0.15, 0.2) is 5.78 Å². The van der Waals surface area contributed by atoms with Gasteiger partial charge in [-0.25, -0.2) is 0 Å². The molecule has 2 rings (SSSR count). The number of carbonyl (C=O) groups excluding carboxylic acids is 1. The molecule has 0 bridgehead atoms. The maximum absolute atomic E-state index is 11.8. The number of hydrogen-bond donors (Lipinski definition) is 1. The van der Waals surface area contributed by atoms with Crippen LogP contribution in [0.1, 0.15) is 13.8 Å². The number of hydrogen-bond acceptors (Lipinski definition) is 2. The van der Waals surface area contributed by atoms with E-state index in [1.54, 1.807) is 0 Å². The molecule has 1 heterocycles. The van der Waals surface area contributed by atoms with Crippen molar-refractivity contribution < 1.29 is 4.79 Å². The topological polar surface area (TPSA) is 48.0 Å². The zero-order valence-electron chi connectivity index (χ0n) is 10.3. The molecule has 1 unspecified atom stereocenters. The largest absolute Gasteiger partial charge is 0.345 e. The van der Waals surface area contributed by atoms with Gasteiger partial charge in [0.2, 0.25) is 0 Å². The number of Topliss-reactive ketones (excluding diaryl/α,β-unsaturated/α-hetero) is 1. The van der Waals surface area contributed by atoms with Crippen molar-refractivity contribution in [2.45, 2.75) is 26.4 Å². The summed E-state index contributed by atoms with van der Waals surface area (Å²) in [5, 5.41) is 1.18. The number of rotatable bonds is 4. The fraction of sp³-hybridized carbons (Fsp3) is 0.357. The molecule has 2 N–H and O–H groups in total. The normalized spacial score (nSPS) is 13.2. The number of aromatic nitrogens is 1. The molecule has 0 aliphatic heterocycles. The van der Waals surface area contributed by atoms with Gasteiger partial charge in [0.25, 0.3) is 0 Å². The van der Waals surface area contributed by atoms with Crippen LogP contribution >= 0.6 is 0 Å². The van der Waals surface area contributed by atoms with E-state index in [2.05, 4.69) is 6.07 Å². The van der Waals surface area contributed by atoms with E-state index in [1.807, 2.05) is 48.9 Å². The Kier molecular flexibility index (Phi) is 3.29. The lowest BCUT2D eigenvalue weighted by molar-refractivity contribution is -0.123. The van der Waals surface area contributed by atoms with E-state index in [-0.39, 0.29) is 11.7 Å². The maximum Gasteiger partial charge on any atom is 0.153 e. The first-order valence-corrected chi connectivity index (χ1v) is 5.93. The second kappa shape index (κ2) is 4.72. The van der Waals surface area contributed by atoms with E-state index in [0.717, 1.165) is 5.52 Å². The van der Waals surface area contributed by atoms with Crippen LogP contribution in [-0.2, 0) is 11.3 Å². The van der Waals surface area contributed by atoms with Crippen LogP contribution in [0.3, 0.4) is 0 Å². The highest BCUT2D eigenvalue weighted by molar-refractivity contribution is 5.86. The van der Waals surface area contributed by atoms with Crippen molar-refractivity contribution in [1.82, 2.24) is 4.57 Å². The minimum Gasteiger partial charge on any atom is -0.345 e. The average Bonchev–Trinajstić information content (AvgIpc) is 2.71. The number of fused-ring (bicyclic) bond motifs is 1. The van der Waals surface area contributed by atoms with Crippen molar-refractivity contribution in [2.24, 2.45) is 11.7 Å². The summed E-state index contributed by atoms with van der Waals surface area (Å²) in [7, 11) is 0. The quantitative estimate of drug-likeness (QED) is 0.875. The molecule has 2 aromatic rings. The molecule has 0 spiro atoms. The van der Waals surface area contributed by atoms with Crippen molar-refractivity contribution in [3.8, 4) is 0 Å². The molecule has 0 aliphatic rings. The third-order valence-corrected chi connectivity index (χ3v) is 3.01. The summed E-state index contributed by atoms with van der Waals surface area (Å²) < 4.78 is 2.04. The Morgan fingerprint density at radius 3 is 2.71 bits per heavy atom. The smallest absolute Gasteiger partial charge is 0.153 e. The number of ketones is 1. The van der Waals surface area contributed by atoms with E-state index in [9.17, 15) is 4.79 Å². The van der Waals surface area contributed by atoms with Gasteiger partial charge < -0.3 is 10.3 Å². The second-order valence-corrected chi connectivity index (χ2v) is 4.69. The molecular formula is C14H18N2O. The standard InChI is InChI=1S/C14H18N2O/c1-10(2)14(17)12(15)9-16-8-7-11-5-3-4-6-13(11)16/h3-8,10,12H,9,15H2,1-2H3. The number of para-hydroxylation sites is 1. The van der Waals surface area contributed by atoms with Crippen molar-refractivity contribution in [3.05, 3.63) is 36.5 Å². The molecule has 0 fully saturated rings. The van der Waals surface area contributed by atoms with Crippen LogP contribution in [-0.4, -0.2) is 16.4 Å². The van der Waals surface area contributed by atoms with Crippen LogP contribution < -0.4 is 5.73 Å². The number of nitrogens with two attached hydrogens (primary N) is 1. The van der Waals surface area contributed by atoms with Crippen molar-refractivity contribution in [1.29, 1.82) is 0 Å². The first kappa shape index (κ1) is 11.9. The summed E-state index contributed by atoms with van der Waals surface area (Å²) in [5.74, 6) is 0.106. The summed E-state index contributed by atoms with van der Waals surface area (Å²) in [6.07, 6.45) is 1.98. The third kappa shape index (κ3) is 2.39. The first-order valence-electron chi connectivity index (χ1n) is 5.93. The first-order chi connectivity index (χ1) is 8.09. The van der Waals surface area contributed by atoms with Crippen LogP contribution in [0, 0.1) is 5.92 Å². The summed E-state index contributed by atoms with van der Waals surface area (Å²) in [5.41, 5.74) is 7.05. The van der Waals surface area contributed by atoms with Gasteiger partial charge in [-0.2, -0.15) is 0 Å². The lowest BCUT2D eigenvalue weighted by Gasteiger charge is -2.14. The van der Waals surface area contributed by atoms with Gasteiger partial charge >= 0.3 is 0 Å². The molecule has 0 amide bonds. The van der Waals surface area contributed by atoms with Gasteiger partial charge in [0, 0.05) is 24.2 Å². The molecule has 3 heteroatoms. The minimum atomic E-state index is -0.425. The van der Waals surface area contributed by atoms with Crippen LogP contribution in [0.5, 0.6) is 0 Å². The van der Waals surface area contributed by atoms with Gasteiger partial charge in [0.05, 0.1) is 6.04 Å². The SMILES string of the molecule is CC(C)C(=O)C(N)Cn1ccc2ccccc21. The Bertz CT molecular complexity index is 528. The average molecular weight is 230 g/mol. The van der Waals surface area contributed by atoms with Crippen LogP contribution in [0.4, 0.5) is 0 Å². The molecule has 3 nitrogen and oxygen atoms in total. The van der Waals surface area contributed by atoms with E-state index in [4.69, 9.17) is 5.73 Å². The number of benzene rings is 1. The Morgan fingerprint density at radius 1 is 1.29 bits per heavy atom. The highest BCUT2D eigenvalue weighted by Crippen LogP contribution is 2.15. The Balaban J connectivity index is 2.21. The highest BCUT2D eigenvalue weighted by Gasteiger charge is 2.17. The van der Waals surface area contributed by atoms with Crippen LogP contribution in [0.25, 0.3) is 10.9 Å². The van der Waals surface area contributed by atoms with Gasteiger partial charge in [-0.15, -0.1) is 0 Å². The zero-order chi connectivity index (χ0) is 12.4. The summed E-state index contributed by atoms with van der Waals surface area (Å²) in [4.78, 5) is 11.8. The van der Waals surface area contributed by atoms with Gasteiger partial charge in [0.1, 0.15) is 0 Å². The van der Waals surface area contributed by atoms with Gasteiger partial charge in [-0.1, -0.05) is 32.0 Å². The van der Waals surface area contributed by atoms with E-state index < -0.39 is 6.04 Å². The van der Waals surface area contributed by atoms with Crippen molar-refractivity contribution in [3.63, 3.8) is 0 Å². The lowest BCUT2D eigenvalue weighted by atomic mass is 10.0. The fourth-order valence-corrected chi connectivity index (χ4v) is 2.03. The third-order valence-electron chi connectivity index (χ3n) is 3.01. The summed E-state index contributed by atoms with van der Waals surface area (Å²) in [6.45, 7) is 4.32. The van der Waals surface area contributed by atoms with Crippen LogP contribution in [0.15, 0.2) is 36.5 Å². The zero-order valence-corrected chi connectivity index (χ0v) is 10.3. The molecule has 17 heavy (non-hydrogen) atoms. The minimum absolute atomic E-state index is 0.00757. The number of carbonyl (C=O) groups is 1. The lowest BCUT2D eigenvalue weighted by Crippen LogP contribution is -2.37. The molecule has 1 atom stereocenters. The monoisotopic (exact) mass is 230 g/mol. The molecule has 1 aromatic carbocycles. The predicted molar refractivity (Wildman–Crippen MR) is 69.8 cm³/mol. The molecule has 1 aromatic heterocycles. The van der Waals surface area contributed by atoms with Crippen molar-refractivity contribution >= 4 is 16.7 Å².